The van der Waals surface area contributed by atoms with E-state index in [9.17, 15) is 0 Å². The first-order valence-corrected chi connectivity index (χ1v) is 10.8. The van der Waals surface area contributed by atoms with Crippen LogP contribution >= 0.6 is 0 Å². The number of hydrogen-bond acceptors (Lipinski definition) is 8. The number of nitrogens with one attached hydrogen (secondary N) is 3. The van der Waals surface area contributed by atoms with E-state index >= 15 is 0 Å². The number of methoxy groups -OCH3 is 1. The predicted molar refractivity (Wildman–Crippen MR) is 124 cm³/mol. The van der Waals surface area contributed by atoms with Crippen molar-refractivity contribution in [1.29, 1.82) is 5.26 Å². The lowest BCUT2D eigenvalue weighted by molar-refractivity contribution is 0.177. The average Bonchev–Trinajstić information content (AvgIpc) is 3.28. The summed E-state index contributed by atoms with van der Waals surface area (Å²) in [5, 5.41) is 22.9. The summed E-state index contributed by atoms with van der Waals surface area (Å²) in [7, 11) is 1.67. The summed E-state index contributed by atoms with van der Waals surface area (Å²) in [6.45, 7) is 6.76. The van der Waals surface area contributed by atoms with Gasteiger partial charge in [0, 0.05) is 48.6 Å². The number of nitrogens with zero attached hydrogens (tertiary/aromatic N) is 5. The average molecular weight is 433 g/mol. The molecular weight excluding hydrogens is 404 g/mol. The first-order chi connectivity index (χ1) is 15.6. The Bertz CT molecular complexity index is 1080. The molecular formula is C23H28N8O. The molecule has 3 N–H and O–H groups in total. The predicted octanol–water partition coefficient (Wildman–Crippen LogP) is 3.78. The summed E-state index contributed by atoms with van der Waals surface area (Å²) in [6.07, 6.45) is 5.18. The third-order valence-electron chi connectivity index (χ3n) is 5.72. The van der Waals surface area contributed by atoms with Crippen molar-refractivity contribution < 1.29 is 4.74 Å². The highest BCUT2D eigenvalue weighted by atomic mass is 16.5. The van der Waals surface area contributed by atoms with Gasteiger partial charge in [-0.1, -0.05) is 0 Å². The van der Waals surface area contributed by atoms with Crippen molar-refractivity contribution in [2.45, 2.75) is 38.8 Å². The Morgan fingerprint density at radius 1 is 1.16 bits per heavy atom. The smallest absolute Gasteiger partial charge is 0.158 e. The van der Waals surface area contributed by atoms with Gasteiger partial charge >= 0.3 is 0 Å². The molecule has 1 aliphatic rings. The van der Waals surface area contributed by atoms with Crippen LogP contribution in [-0.4, -0.2) is 57.3 Å². The lowest BCUT2D eigenvalue weighted by atomic mass is 10.0. The number of H-pyrrole nitrogens is 1. The Balaban J connectivity index is 1.43. The largest absolute Gasteiger partial charge is 0.496 e. The Morgan fingerprint density at radius 2 is 1.97 bits per heavy atom. The van der Waals surface area contributed by atoms with E-state index in [4.69, 9.17) is 10.00 Å². The van der Waals surface area contributed by atoms with Gasteiger partial charge in [-0.25, -0.2) is 9.97 Å². The number of hydrogen-bond donors (Lipinski definition) is 3. The number of aromatic amines is 1. The van der Waals surface area contributed by atoms with Gasteiger partial charge in [-0.2, -0.15) is 10.4 Å². The molecule has 0 spiro atoms. The number of likely N-dealkylation sites (tertiary alicyclic amines) is 1. The second-order valence-electron chi connectivity index (χ2n) is 8.15. The van der Waals surface area contributed by atoms with Gasteiger partial charge in [0.05, 0.1) is 25.2 Å². The summed E-state index contributed by atoms with van der Waals surface area (Å²) in [5.74, 6) is 1.88. The van der Waals surface area contributed by atoms with Crippen molar-refractivity contribution in [1.82, 2.24) is 25.1 Å². The minimum absolute atomic E-state index is 0.266. The molecule has 0 atom stereocenters. The fraction of sp³-hybridized carbons (Fsp3) is 0.391. The van der Waals surface area contributed by atoms with Crippen LogP contribution in [-0.2, 0) is 0 Å². The van der Waals surface area contributed by atoms with Crippen LogP contribution in [0, 0.1) is 11.3 Å². The van der Waals surface area contributed by atoms with Gasteiger partial charge in [0.1, 0.15) is 17.6 Å². The molecule has 0 unspecified atom stereocenters. The third-order valence-corrected chi connectivity index (χ3v) is 5.72. The molecule has 0 aliphatic carbocycles. The van der Waals surface area contributed by atoms with Crippen molar-refractivity contribution in [3.05, 3.63) is 42.4 Å². The van der Waals surface area contributed by atoms with Crippen molar-refractivity contribution in [2.75, 3.05) is 30.8 Å². The van der Waals surface area contributed by atoms with Gasteiger partial charge in [-0.15, -0.1) is 0 Å². The monoisotopic (exact) mass is 432 g/mol. The van der Waals surface area contributed by atoms with Crippen LogP contribution in [0.4, 0.5) is 17.3 Å². The zero-order chi connectivity index (χ0) is 22.5. The van der Waals surface area contributed by atoms with Gasteiger partial charge in [-0.05, 0) is 38.8 Å². The maximum atomic E-state index is 8.83. The molecule has 3 aromatic rings. The normalized spacial score (nSPS) is 14.8. The second-order valence-corrected chi connectivity index (χ2v) is 8.15. The minimum Gasteiger partial charge on any atom is -0.496 e. The quantitative estimate of drug-likeness (QED) is 0.517. The number of rotatable bonds is 7. The third kappa shape index (κ3) is 4.98. The number of ether oxygens (including phenoxy) is 1. The molecule has 0 amide bonds. The minimum atomic E-state index is 0.266. The number of anilines is 3. The van der Waals surface area contributed by atoms with Crippen molar-refractivity contribution >= 4 is 17.3 Å². The van der Waals surface area contributed by atoms with Gasteiger partial charge < -0.3 is 20.3 Å². The first-order valence-electron chi connectivity index (χ1n) is 10.8. The molecule has 166 valence electrons. The SMILES string of the molecule is COc1cc(NC2CCN(C(C)C)CC2)ccc1-c1cc(Nc2cnc(C#N)cn2)n[nH]1. The van der Waals surface area contributed by atoms with E-state index in [1.54, 1.807) is 7.11 Å². The number of nitriles is 1. The van der Waals surface area contributed by atoms with Crippen LogP contribution in [0.5, 0.6) is 5.75 Å². The van der Waals surface area contributed by atoms with E-state index in [0.29, 0.717) is 23.7 Å². The molecule has 3 heterocycles. The van der Waals surface area contributed by atoms with Gasteiger partial charge in [-0.3, -0.25) is 5.10 Å². The zero-order valence-corrected chi connectivity index (χ0v) is 18.6. The van der Waals surface area contributed by atoms with Crippen LogP contribution in [0.15, 0.2) is 36.7 Å². The molecule has 1 aliphatic heterocycles. The standard InChI is InChI=1S/C23H28N8O/c1-15(2)31-8-6-16(7-9-31)27-17-4-5-19(21(10-17)32-3)20-11-22(30-29-20)28-23-14-25-18(12-24)13-26-23/h4-5,10-11,13-16,27H,6-9H2,1-3H3,(H2,26,28,29,30). The summed E-state index contributed by atoms with van der Waals surface area (Å²) in [4.78, 5) is 10.7. The maximum Gasteiger partial charge on any atom is 0.158 e. The van der Waals surface area contributed by atoms with Crippen molar-refractivity contribution in [3.63, 3.8) is 0 Å². The lowest BCUT2D eigenvalue weighted by Gasteiger charge is -2.35. The van der Waals surface area contributed by atoms with E-state index in [2.05, 4.69) is 55.6 Å². The summed E-state index contributed by atoms with van der Waals surface area (Å²) < 4.78 is 5.66. The van der Waals surface area contributed by atoms with Crippen LogP contribution < -0.4 is 15.4 Å². The van der Waals surface area contributed by atoms with Crippen molar-refractivity contribution in [3.8, 4) is 23.1 Å². The highest BCUT2D eigenvalue weighted by Crippen LogP contribution is 2.33. The molecule has 2 aromatic heterocycles. The Morgan fingerprint density at radius 3 is 2.62 bits per heavy atom. The topological polar surface area (TPSA) is 115 Å². The molecule has 1 fully saturated rings. The van der Waals surface area contributed by atoms with E-state index in [1.807, 2.05) is 24.3 Å². The van der Waals surface area contributed by atoms with Gasteiger partial charge in [0.2, 0.25) is 0 Å². The van der Waals surface area contributed by atoms with Crippen LogP contribution in [0.2, 0.25) is 0 Å². The summed E-state index contributed by atoms with van der Waals surface area (Å²) in [6, 6.07) is 11.0. The molecule has 9 heteroatoms. The Kier molecular flexibility index (Phi) is 6.52. The van der Waals surface area contributed by atoms with Crippen LogP contribution in [0.3, 0.4) is 0 Å². The zero-order valence-electron chi connectivity index (χ0n) is 18.6. The highest BCUT2D eigenvalue weighted by Gasteiger charge is 2.21. The molecule has 4 rings (SSSR count). The van der Waals surface area contributed by atoms with Gasteiger partial charge in [0.15, 0.2) is 11.5 Å². The Labute approximate surface area is 187 Å². The molecule has 1 aromatic carbocycles. The molecule has 0 saturated carbocycles. The van der Waals surface area contributed by atoms with Gasteiger partial charge in [0.25, 0.3) is 0 Å². The van der Waals surface area contributed by atoms with E-state index in [-0.39, 0.29) is 5.69 Å². The molecule has 1 saturated heterocycles. The maximum absolute atomic E-state index is 8.83. The first kappa shape index (κ1) is 21.6. The van der Waals surface area contributed by atoms with Crippen LogP contribution in [0.25, 0.3) is 11.3 Å². The van der Waals surface area contributed by atoms with E-state index < -0.39 is 0 Å². The molecule has 0 bridgehead atoms. The molecule has 32 heavy (non-hydrogen) atoms. The fourth-order valence-electron chi connectivity index (χ4n) is 3.90. The summed E-state index contributed by atoms with van der Waals surface area (Å²) in [5.41, 5.74) is 3.06. The summed E-state index contributed by atoms with van der Waals surface area (Å²) >= 11 is 0. The van der Waals surface area contributed by atoms with E-state index in [0.717, 1.165) is 48.6 Å². The number of benzene rings is 1. The fourth-order valence-corrected chi connectivity index (χ4v) is 3.90. The van der Waals surface area contributed by atoms with Crippen LogP contribution in [0.1, 0.15) is 32.4 Å². The lowest BCUT2D eigenvalue weighted by Crippen LogP contribution is -2.42. The number of aromatic nitrogens is 4. The Hall–Kier alpha value is -3.64. The second kappa shape index (κ2) is 9.66. The highest BCUT2D eigenvalue weighted by molar-refractivity contribution is 5.73. The number of piperidine rings is 1. The molecule has 9 nitrogen and oxygen atoms in total. The van der Waals surface area contributed by atoms with Crippen molar-refractivity contribution in [2.24, 2.45) is 0 Å². The molecule has 0 radical (unpaired) electrons. The van der Waals surface area contributed by atoms with E-state index in [1.165, 1.54) is 12.4 Å².